The molecule has 1 aromatic carbocycles. The van der Waals surface area contributed by atoms with Crippen LogP contribution in [0.3, 0.4) is 0 Å². The molecule has 2 aliphatic rings. The van der Waals surface area contributed by atoms with Gasteiger partial charge in [0.25, 0.3) is 0 Å². The first-order valence-electron chi connectivity index (χ1n) is 14.3. The summed E-state index contributed by atoms with van der Waals surface area (Å²) >= 11 is 0. The molecule has 3 rings (SSSR count). The van der Waals surface area contributed by atoms with Gasteiger partial charge in [0.15, 0.2) is 11.6 Å². The molecule has 0 saturated heterocycles. The smallest absolute Gasteiger partial charge is 0.168 e. The van der Waals surface area contributed by atoms with Crippen LogP contribution in [0, 0.1) is 10.8 Å². The summed E-state index contributed by atoms with van der Waals surface area (Å²) in [5.41, 5.74) is 0.932. The monoisotopic (exact) mass is 590 g/mol. The Balaban J connectivity index is 1.84. The Hall–Kier alpha value is -1.68. The molecule has 0 bridgehead atoms. The van der Waals surface area contributed by atoms with E-state index in [0.717, 1.165) is 43.4 Å². The highest BCUT2D eigenvalue weighted by molar-refractivity contribution is 8.00. The zero-order valence-electron chi connectivity index (χ0n) is 24.4. The zero-order chi connectivity index (χ0) is 29.5. The van der Waals surface area contributed by atoms with E-state index in [2.05, 4.69) is 0 Å². The fourth-order valence-electron chi connectivity index (χ4n) is 5.13. The molecule has 0 saturated carbocycles. The Labute approximate surface area is 244 Å². The van der Waals surface area contributed by atoms with Crippen LogP contribution in [0.4, 0.5) is 0 Å². The maximum Gasteiger partial charge on any atom is 0.168 e. The van der Waals surface area contributed by atoms with Crippen molar-refractivity contribution in [3.8, 4) is 0 Å². The van der Waals surface area contributed by atoms with Gasteiger partial charge in [-0.2, -0.15) is 21.5 Å². The number of hydrogen-bond donors (Lipinski definition) is 2. The molecule has 2 N–H and O–H groups in total. The van der Waals surface area contributed by atoms with Crippen molar-refractivity contribution in [2.24, 2.45) is 10.8 Å². The molecule has 8 heteroatoms. The van der Waals surface area contributed by atoms with Gasteiger partial charge in [0, 0.05) is 49.3 Å². The molecule has 2 heterocycles. The minimum atomic E-state index is -1.94. The predicted molar refractivity (Wildman–Crippen MR) is 169 cm³/mol. The Morgan fingerprint density at radius 1 is 0.750 bits per heavy atom. The highest BCUT2D eigenvalue weighted by atomic mass is 32.2. The molecular formula is C32H46O6S2. The van der Waals surface area contributed by atoms with Gasteiger partial charge in [-0.05, 0) is 48.6 Å². The van der Waals surface area contributed by atoms with Crippen molar-refractivity contribution in [1.82, 2.24) is 0 Å². The van der Waals surface area contributed by atoms with Gasteiger partial charge >= 0.3 is 0 Å². The normalized spacial score (nSPS) is 20.6. The van der Waals surface area contributed by atoms with Crippen LogP contribution in [0.5, 0.6) is 0 Å². The van der Waals surface area contributed by atoms with Gasteiger partial charge in [-0.1, -0.05) is 52.7 Å². The minimum Gasteiger partial charge on any atom is -0.646 e. The first-order valence-corrected chi connectivity index (χ1v) is 16.8. The quantitative estimate of drug-likeness (QED) is 0.141. The van der Waals surface area contributed by atoms with Crippen LogP contribution in [0.25, 0.3) is 4.91 Å². The molecule has 0 fully saturated rings. The fraction of sp³-hybridized carbons (Fsp3) is 0.562. The number of benzene rings is 1. The second-order valence-corrected chi connectivity index (χ2v) is 16.1. The second-order valence-electron chi connectivity index (χ2n) is 12.7. The van der Waals surface area contributed by atoms with E-state index in [1.165, 1.54) is 12.2 Å². The lowest BCUT2D eigenvalue weighted by Gasteiger charge is -2.25. The summed E-state index contributed by atoms with van der Waals surface area (Å²) in [6.07, 6.45) is 9.34. The number of ketones is 2. The van der Waals surface area contributed by atoms with Crippen molar-refractivity contribution in [2.45, 2.75) is 91.9 Å². The molecule has 2 unspecified atom stereocenters. The first-order chi connectivity index (χ1) is 18.9. The van der Waals surface area contributed by atoms with Gasteiger partial charge in [-0.25, -0.2) is 0 Å². The summed E-state index contributed by atoms with van der Waals surface area (Å²) in [6.45, 7) is 8.27. The fourth-order valence-corrected chi connectivity index (χ4v) is 8.48. The molecule has 0 aliphatic carbocycles. The third-order valence-corrected chi connectivity index (χ3v) is 11.4. The maximum atomic E-state index is 13.7. The number of aliphatic hydroxyl groups is 2. The molecule has 1 aromatic rings. The van der Waals surface area contributed by atoms with Crippen molar-refractivity contribution in [3.05, 3.63) is 52.4 Å². The van der Waals surface area contributed by atoms with Crippen molar-refractivity contribution in [2.75, 3.05) is 13.2 Å². The van der Waals surface area contributed by atoms with E-state index in [0.29, 0.717) is 38.6 Å². The van der Waals surface area contributed by atoms with Gasteiger partial charge in [-0.15, -0.1) is 0 Å². The summed E-state index contributed by atoms with van der Waals surface area (Å²) in [4.78, 5) is 27.8. The summed E-state index contributed by atoms with van der Waals surface area (Å²) in [7, 11) is -3.88. The molecule has 222 valence electrons. The average Bonchev–Trinajstić information content (AvgIpc) is 2.92. The van der Waals surface area contributed by atoms with Crippen molar-refractivity contribution in [3.63, 3.8) is 0 Å². The number of unbranched alkanes of at least 4 members (excludes halogenated alkanes) is 2. The first kappa shape index (κ1) is 32.8. The molecule has 0 spiro atoms. The number of thiol groups is 2. The Morgan fingerprint density at radius 3 is 1.90 bits per heavy atom. The lowest BCUT2D eigenvalue weighted by molar-refractivity contribution is -0.114. The van der Waals surface area contributed by atoms with Crippen molar-refractivity contribution >= 4 is 47.7 Å². The number of carbonyl (C=O) groups excluding carboxylic acids is 2. The zero-order valence-corrected chi connectivity index (χ0v) is 26.2. The van der Waals surface area contributed by atoms with Crippen LogP contribution in [0.2, 0.25) is 0 Å². The standard InChI is InChI=1S/C32H46O6S2/c1-31(2,21-33)15-9-7-11-25-17-23(35)19-29(39(25)37)27-13-5-6-14-28(27)30-20-24(36)18-26(40(30)38)12-8-10-16-32(3,4)22-34/h5-6,13-14,17,20,33-34,39-40H,7-12,15-16,18-19,21-22H2,1-4H3. The largest absolute Gasteiger partial charge is 0.646 e. The molecule has 6 nitrogen and oxygen atoms in total. The van der Waals surface area contributed by atoms with E-state index in [-0.39, 0.29) is 48.5 Å². The van der Waals surface area contributed by atoms with Crippen LogP contribution in [0.1, 0.15) is 103 Å². The third-order valence-electron chi connectivity index (χ3n) is 7.83. The molecule has 2 aliphatic heterocycles. The number of carbonyl (C=O) groups is 2. The van der Waals surface area contributed by atoms with Crippen LogP contribution in [-0.4, -0.2) is 53.8 Å². The number of hydrogen-bond acceptors (Lipinski definition) is 6. The predicted octanol–water partition coefficient (Wildman–Crippen LogP) is 4.67. The number of rotatable bonds is 14. The van der Waals surface area contributed by atoms with Crippen LogP contribution in [-0.2, 0) is 31.1 Å². The van der Waals surface area contributed by atoms with Crippen LogP contribution >= 0.6 is 0 Å². The van der Waals surface area contributed by atoms with Gasteiger partial charge in [-0.3, -0.25) is 9.59 Å². The summed E-state index contributed by atoms with van der Waals surface area (Å²) < 4.78 is 27.4. The molecule has 40 heavy (non-hydrogen) atoms. The molecule has 0 aromatic heterocycles. The van der Waals surface area contributed by atoms with Crippen LogP contribution in [0.15, 0.2) is 41.3 Å². The second kappa shape index (κ2) is 14.5. The maximum absolute atomic E-state index is 13.7. The lowest BCUT2D eigenvalue weighted by atomic mass is 9.88. The lowest BCUT2D eigenvalue weighted by Crippen LogP contribution is -2.24. The molecular weight excluding hydrogens is 544 g/mol. The van der Waals surface area contributed by atoms with E-state index in [9.17, 15) is 28.9 Å². The summed E-state index contributed by atoms with van der Waals surface area (Å²) in [5, 5.41) is 19.0. The van der Waals surface area contributed by atoms with E-state index in [1.54, 1.807) is 0 Å². The molecule has 0 radical (unpaired) electrons. The van der Waals surface area contributed by atoms with E-state index in [1.807, 2.05) is 52.0 Å². The van der Waals surface area contributed by atoms with Gasteiger partial charge < -0.3 is 19.3 Å². The van der Waals surface area contributed by atoms with Gasteiger partial charge in [0.2, 0.25) is 0 Å². The summed E-state index contributed by atoms with van der Waals surface area (Å²) in [5.74, 6) is -0.188. The topological polar surface area (TPSA) is 121 Å². The Bertz CT molecular complexity index is 1190. The van der Waals surface area contributed by atoms with E-state index < -0.39 is 21.5 Å². The highest BCUT2D eigenvalue weighted by Crippen LogP contribution is 2.32. The van der Waals surface area contributed by atoms with Gasteiger partial charge in [0.1, 0.15) is 9.77 Å². The summed E-state index contributed by atoms with van der Waals surface area (Å²) in [6, 6.07) is 7.26. The van der Waals surface area contributed by atoms with Gasteiger partial charge in [0.05, 0.1) is 22.6 Å². The average molecular weight is 591 g/mol. The van der Waals surface area contributed by atoms with Crippen molar-refractivity contribution < 1.29 is 28.9 Å². The number of aliphatic hydroxyl groups excluding tert-OH is 2. The minimum absolute atomic E-state index is 0.0441. The number of allylic oxidation sites excluding steroid dienone is 3. The van der Waals surface area contributed by atoms with E-state index >= 15 is 0 Å². The molecule has 2 atom stereocenters. The highest BCUT2D eigenvalue weighted by Gasteiger charge is 2.29. The Morgan fingerprint density at radius 2 is 1.30 bits per heavy atom. The SMILES string of the molecule is CC(C)(CO)CCCCC1=CC(=O)CC(c2ccccc2C2=CC(=O)CC(CCCCC(C)(C)CO)=[SH+]2[O-])=[SH+]1[O-]. The third kappa shape index (κ3) is 8.91. The van der Waals surface area contributed by atoms with Crippen LogP contribution < -0.4 is 0 Å². The Kier molecular flexibility index (Phi) is 11.9. The van der Waals surface area contributed by atoms with E-state index in [4.69, 9.17) is 0 Å². The molecule has 0 amide bonds. The van der Waals surface area contributed by atoms with Crippen molar-refractivity contribution in [1.29, 1.82) is 0 Å².